The number of carbonyl (C=O) groups excluding carboxylic acids is 2. The summed E-state index contributed by atoms with van der Waals surface area (Å²) in [7, 11) is 1.66. The predicted octanol–water partition coefficient (Wildman–Crippen LogP) is 1.64. The molecule has 0 N–H and O–H groups in total. The summed E-state index contributed by atoms with van der Waals surface area (Å²) in [5.74, 6) is -0.185. The maximum atomic E-state index is 12.3. The molecule has 0 radical (unpaired) electrons. The molecule has 0 bridgehead atoms. The van der Waals surface area contributed by atoms with E-state index in [1.807, 2.05) is 13.8 Å². The molecule has 98 valence electrons. The fraction of sp³-hybridized carbons (Fsp3) is 0.692. The van der Waals surface area contributed by atoms with Gasteiger partial charge in [0.15, 0.2) is 5.78 Å². The number of aromatic nitrogens is 3. The molecule has 0 spiro atoms. The van der Waals surface area contributed by atoms with Gasteiger partial charge in [-0.3, -0.25) is 9.59 Å². The van der Waals surface area contributed by atoms with Crippen molar-refractivity contribution >= 4 is 11.6 Å². The summed E-state index contributed by atoms with van der Waals surface area (Å²) in [6.07, 6.45) is 3.91. The van der Waals surface area contributed by atoms with Gasteiger partial charge in [0.1, 0.15) is 11.5 Å². The molecule has 0 saturated heterocycles. The van der Waals surface area contributed by atoms with Crippen LogP contribution in [0.1, 0.15) is 43.6 Å². The van der Waals surface area contributed by atoms with Gasteiger partial charge in [0.2, 0.25) is 0 Å². The maximum absolute atomic E-state index is 12.3. The van der Waals surface area contributed by atoms with E-state index in [2.05, 4.69) is 10.2 Å². The molecular formula is C13H19N3O2. The molecule has 1 aromatic rings. The van der Waals surface area contributed by atoms with Gasteiger partial charge in [-0.15, -0.1) is 0 Å². The van der Waals surface area contributed by atoms with E-state index < -0.39 is 5.92 Å². The highest BCUT2D eigenvalue weighted by molar-refractivity contribution is 6.10. The van der Waals surface area contributed by atoms with Crippen LogP contribution in [0, 0.1) is 17.8 Å². The average molecular weight is 249 g/mol. The van der Waals surface area contributed by atoms with Gasteiger partial charge in [0.25, 0.3) is 0 Å². The molecule has 1 aliphatic rings. The fourth-order valence-electron chi connectivity index (χ4n) is 2.11. The van der Waals surface area contributed by atoms with Crippen LogP contribution in [-0.4, -0.2) is 26.6 Å². The Balaban J connectivity index is 2.17. The molecule has 1 heterocycles. The monoisotopic (exact) mass is 249 g/mol. The van der Waals surface area contributed by atoms with E-state index in [-0.39, 0.29) is 17.5 Å². The van der Waals surface area contributed by atoms with E-state index in [1.54, 1.807) is 7.05 Å². The van der Waals surface area contributed by atoms with Gasteiger partial charge >= 0.3 is 0 Å². The SMILES string of the molecule is CC(C)CC(C(=O)c1cnn(C)n1)C(=O)C1CC1. The number of nitrogens with zero attached hydrogens (tertiary/aromatic N) is 3. The lowest BCUT2D eigenvalue weighted by atomic mass is 9.86. The maximum Gasteiger partial charge on any atom is 0.195 e. The van der Waals surface area contributed by atoms with Crippen molar-refractivity contribution in [2.75, 3.05) is 0 Å². The van der Waals surface area contributed by atoms with Crippen LogP contribution in [-0.2, 0) is 11.8 Å². The van der Waals surface area contributed by atoms with Gasteiger partial charge in [-0.05, 0) is 25.2 Å². The molecule has 0 aromatic carbocycles. The van der Waals surface area contributed by atoms with Crippen molar-refractivity contribution in [1.29, 1.82) is 0 Å². The van der Waals surface area contributed by atoms with Crippen molar-refractivity contribution < 1.29 is 9.59 Å². The zero-order chi connectivity index (χ0) is 13.3. The van der Waals surface area contributed by atoms with E-state index in [4.69, 9.17) is 0 Å². The van der Waals surface area contributed by atoms with E-state index in [9.17, 15) is 9.59 Å². The lowest BCUT2D eigenvalue weighted by Gasteiger charge is -2.15. The highest BCUT2D eigenvalue weighted by Crippen LogP contribution is 2.35. The zero-order valence-corrected chi connectivity index (χ0v) is 11.1. The minimum Gasteiger partial charge on any atom is -0.299 e. The molecule has 0 aliphatic heterocycles. The molecule has 1 atom stereocenters. The lowest BCUT2D eigenvalue weighted by molar-refractivity contribution is -0.123. The van der Waals surface area contributed by atoms with E-state index >= 15 is 0 Å². The third-order valence-electron chi connectivity index (χ3n) is 3.20. The number of aryl methyl sites for hydroxylation is 1. The van der Waals surface area contributed by atoms with Crippen LogP contribution in [0.25, 0.3) is 0 Å². The lowest BCUT2D eigenvalue weighted by Crippen LogP contribution is -2.27. The quantitative estimate of drug-likeness (QED) is 0.568. The largest absolute Gasteiger partial charge is 0.299 e. The second-order valence-corrected chi connectivity index (χ2v) is 5.44. The van der Waals surface area contributed by atoms with Gasteiger partial charge in [0, 0.05) is 13.0 Å². The smallest absolute Gasteiger partial charge is 0.195 e. The van der Waals surface area contributed by atoms with Crippen LogP contribution in [0.2, 0.25) is 0 Å². The molecule has 1 aromatic heterocycles. The van der Waals surface area contributed by atoms with E-state index in [0.29, 0.717) is 18.0 Å². The van der Waals surface area contributed by atoms with Gasteiger partial charge in [-0.2, -0.15) is 15.0 Å². The van der Waals surface area contributed by atoms with Crippen molar-refractivity contribution in [1.82, 2.24) is 15.0 Å². The Morgan fingerprint density at radius 2 is 2.11 bits per heavy atom. The number of hydrogen-bond donors (Lipinski definition) is 0. The summed E-state index contributed by atoms with van der Waals surface area (Å²) >= 11 is 0. The molecule has 5 nitrogen and oxygen atoms in total. The average Bonchev–Trinajstić information content (AvgIpc) is 3.07. The molecule has 5 heteroatoms. The summed E-state index contributed by atoms with van der Waals surface area (Å²) < 4.78 is 0. The first kappa shape index (κ1) is 12.9. The van der Waals surface area contributed by atoms with E-state index in [1.165, 1.54) is 11.0 Å². The normalized spacial score (nSPS) is 16.9. The van der Waals surface area contributed by atoms with Crippen LogP contribution < -0.4 is 0 Å². The molecule has 1 fully saturated rings. The standard InChI is InChI=1S/C13H19N3O2/c1-8(2)6-10(12(17)9-4-5-9)13(18)11-7-14-16(3)15-11/h7-10H,4-6H2,1-3H3. The first-order valence-electron chi connectivity index (χ1n) is 6.43. The highest BCUT2D eigenvalue weighted by atomic mass is 16.2. The Morgan fingerprint density at radius 3 is 2.56 bits per heavy atom. The first-order chi connectivity index (χ1) is 8.49. The number of carbonyl (C=O) groups is 2. The Hall–Kier alpha value is -1.52. The second-order valence-electron chi connectivity index (χ2n) is 5.44. The number of hydrogen-bond acceptors (Lipinski definition) is 4. The number of ketones is 2. The summed E-state index contributed by atoms with van der Waals surface area (Å²) in [4.78, 5) is 25.9. The Labute approximate surface area is 107 Å². The summed E-state index contributed by atoms with van der Waals surface area (Å²) in [5.41, 5.74) is 0.303. The Morgan fingerprint density at radius 1 is 1.44 bits per heavy atom. The molecule has 18 heavy (non-hydrogen) atoms. The van der Waals surface area contributed by atoms with Gasteiger partial charge in [-0.25, -0.2) is 0 Å². The molecule has 0 amide bonds. The zero-order valence-electron chi connectivity index (χ0n) is 11.1. The fourth-order valence-corrected chi connectivity index (χ4v) is 2.11. The predicted molar refractivity (Wildman–Crippen MR) is 66.0 cm³/mol. The molecule has 1 saturated carbocycles. The molecule has 1 aliphatic carbocycles. The number of Topliss-reactive ketones (excluding diaryl/α,β-unsaturated/α-hetero) is 2. The summed E-state index contributed by atoms with van der Waals surface area (Å²) in [6.45, 7) is 4.05. The topological polar surface area (TPSA) is 64.8 Å². The van der Waals surface area contributed by atoms with Gasteiger partial charge in [-0.1, -0.05) is 13.8 Å². The summed E-state index contributed by atoms with van der Waals surface area (Å²) in [5, 5.41) is 7.90. The van der Waals surface area contributed by atoms with E-state index in [0.717, 1.165) is 12.8 Å². The van der Waals surface area contributed by atoms with Gasteiger partial charge < -0.3 is 0 Å². The third kappa shape index (κ3) is 2.83. The van der Waals surface area contributed by atoms with Crippen molar-refractivity contribution in [3.8, 4) is 0 Å². The van der Waals surface area contributed by atoms with Crippen molar-refractivity contribution in [2.24, 2.45) is 24.8 Å². The highest BCUT2D eigenvalue weighted by Gasteiger charge is 2.39. The first-order valence-corrected chi connectivity index (χ1v) is 6.43. The van der Waals surface area contributed by atoms with Crippen molar-refractivity contribution in [3.05, 3.63) is 11.9 Å². The third-order valence-corrected chi connectivity index (χ3v) is 3.20. The number of rotatable bonds is 6. The van der Waals surface area contributed by atoms with Crippen LogP contribution in [0.5, 0.6) is 0 Å². The molecule has 2 rings (SSSR count). The van der Waals surface area contributed by atoms with Crippen LogP contribution in [0.3, 0.4) is 0 Å². The van der Waals surface area contributed by atoms with Gasteiger partial charge in [0.05, 0.1) is 12.1 Å². The van der Waals surface area contributed by atoms with Crippen molar-refractivity contribution in [3.63, 3.8) is 0 Å². The minimum absolute atomic E-state index is 0.0966. The molecular weight excluding hydrogens is 230 g/mol. The minimum atomic E-state index is -0.533. The Bertz CT molecular complexity index is 461. The Kier molecular flexibility index (Phi) is 3.59. The second kappa shape index (κ2) is 5.00. The molecule has 1 unspecified atom stereocenters. The summed E-state index contributed by atoms with van der Waals surface area (Å²) in [6, 6.07) is 0. The van der Waals surface area contributed by atoms with Crippen LogP contribution in [0.15, 0.2) is 6.20 Å². The van der Waals surface area contributed by atoms with Crippen LogP contribution in [0.4, 0.5) is 0 Å². The van der Waals surface area contributed by atoms with Crippen LogP contribution >= 0.6 is 0 Å². The van der Waals surface area contributed by atoms with Crippen molar-refractivity contribution in [2.45, 2.75) is 33.1 Å².